The van der Waals surface area contributed by atoms with Gasteiger partial charge in [-0.3, -0.25) is 4.79 Å². The van der Waals surface area contributed by atoms with Gasteiger partial charge in [0, 0.05) is 6.54 Å². The van der Waals surface area contributed by atoms with Crippen LogP contribution in [0.1, 0.15) is 16.5 Å². The van der Waals surface area contributed by atoms with E-state index >= 15 is 0 Å². The fraction of sp³-hybridized carbons (Fsp3) is 0.190. The number of ether oxygens (including phenoxy) is 1. The third-order valence-electron chi connectivity index (χ3n) is 4.52. The standard InChI is InChI=1S/C21H19NO2S/c1-24-19-10-9-16-11-18(8-7-17(16)12-19)21-22(20(23)14-25-21)13-15-5-3-2-4-6-15/h2-12,21H,13-14H2,1H3/t21-/m0/s1. The summed E-state index contributed by atoms with van der Waals surface area (Å²) in [7, 11) is 1.68. The Morgan fingerprint density at radius 2 is 1.80 bits per heavy atom. The van der Waals surface area contributed by atoms with Crippen LogP contribution in [0.15, 0.2) is 66.7 Å². The number of hydrogen-bond donors (Lipinski definition) is 0. The number of thioether (sulfide) groups is 1. The van der Waals surface area contributed by atoms with E-state index in [1.165, 1.54) is 5.56 Å². The molecule has 1 aliphatic rings. The molecule has 4 rings (SSSR count). The van der Waals surface area contributed by atoms with Crippen LogP contribution in [-0.2, 0) is 11.3 Å². The van der Waals surface area contributed by atoms with Crippen molar-refractivity contribution in [1.29, 1.82) is 0 Å². The van der Waals surface area contributed by atoms with Crippen LogP contribution in [0.2, 0.25) is 0 Å². The zero-order valence-corrected chi connectivity index (χ0v) is 14.8. The molecule has 1 saturated heterocycles. The molecule has 1 amide bonds. The van der Waals surface area contributed by atoms with Crippen LogP contribution in [-0.4, -0.2) is 23.7 Å². The number of nitrogens with zero attached hydrogens (tertiary/aromatic N) is 1. The van der Waals surface area contributed by atoms with Crippen molar-refractivity contribution in [2.24, 2.45) is 0 Å². The number of methoxy groups -OCH3 is 1. The Labute approximate surface area is 151 Å². The number of fused-ring (bicyclic) bond motifs is 1. The van der Waals surface area contributed by atoms with Gasteiger partial charge in [-0.1, -0.05) is 48.5 Å². The van der Waals surface area contributed by atoms with Crippen molar-refractivity contribution in [2.75, 3.05) is 12.9 Å². The lowest BCUT2D eigenvalue weighted by atomic mass is 10.1. The second-order valence-electron chi connectivity index (χ2n) is 6.14. The number of amides is 1. The number of rotatable bonds is 4. The van der Waals surface area contributed by atoms with E-state index in [0.717, 1.165) is 22.1 Å². The maximum absolute atomic E-state index is 12.4. The lowest BCUT2D eigenvalue weighted by Gasteiger charge is -2.24. The van der Waals surface area contributed by atoms with Gasteiger partial charge in [0.05, 0.1) is 12.9 Å². The average molecular weight is 349 g/mol. The van der Waals surface area contributed by atoms with Gasteiger partial charge >= 0.3 is 0 Å². The average Bonchev–Trinajstić information content (AvgIpc) is 3.02. The zero-order chi connectivity index (χ0) is 17.2. The summed E-state index contributed by atoms with van der Waals surface area (Å²) in [5.74, 6) is 1.60. The van der Waals surface area contributed by atoms with E-state index in [-0.39, 0.29) is 11.3 Å². The largest absolute Gasteiger partial charge is 0.497 e. The van der Waals surface area contributed by atoms with Gasteiger partial charge in [-0.2, -0.15) is 0 Å². The Morgan fingerprint density at radius 1 is 1.04 bits per heavy atom. The molecule has 126 valence electrons. The first-order valence-corrected chi connectivity index (χ1v) is 9.32. The molecule has 4 heteroatoms. The fourth-order valence-electron chi connectivity index (χ4n) is 3.20. The lowest BCUT2D eigenvalue weighted by molar-refractivity contribution is -0.128. The third-order valence-corrected chi connectivity index (χ3v) is 5.78. The molecule has 3 nitrogen and oxygen atoms in total. The molecule has 1 fully saturated rings. The summed E-state index contributed by atoms with van der Waals surface area (Å²) in [6.07, 6.45) is 0. The molecule has 0 unspecified atom stereocenters. The first kappa shape index (κ1) is 16.0. The van der Waals surface area contributed by atoms with Crippen molar-refractivity contribution >= 4 is 28.4 Å². The molecule has 0 radical (unpaired) electrons. The molecule has 3 aromatic carbocycles. The normalized spacial score (nSPS) is 17.2. The van der Waals surface area contributed by atoms with Crippen molar-refractivity contribution in [3.05, 3.63) is 77.9 Å². The highest BCUT2D eigenvalue weighted by molar-refractivity contribution is 8.00. The van der Waals surface area contributed by atoms with Gasteiger partial charge in [0.15, 0.2) is 0 Å². The summed E-state index contributed by atoms with van der Waals surface area (Å²) in [6, 6.07) is 22.7. The lowest BCUT2D eigenvalue weighted by Crippen LogP contribution is -2.27. The van der Waals surface area contributed by atoms with E-state index in [9.17, 15) is 4.79 Å². The molecule has 0 saturated carbocycles. The Kier molecular flexibility index (Phi) is 4.36. The van der Waals surface area contributed by atoms with Gasteiger partial charge in [-0.15, -0.1) is 11.8 Å². The Balaban J connectivity index is 1.65. The van der Waals surface area contributed by atoms with Crippen LogP contribution >= 0.6 is 11.8 Å². The van der Waals surface area contributed by atoms with Crippen LogP contribution in [0.4, 0.5) is 0 Å². The van der Waals surface area contributed by atoms with Crippen LogP contribution in [0, 0.1) is 0 Å². The summed E-state index contributed by atoms with van der Waals surface area (Å²) in [5, 5.41) is 2.38. The number of carbonyl (C=O) groups is 1. The highest BCUT2D eigenvalue weighted by Gasteiger charge is 2.32. The minimum Gasteiger partial charge on any atom is -0.497 e. The maximum atomic E-state index is 12.4. The maximum Gasteiger partial charge on any atom is 0.234 e. The predicted octanol–water partition coefficient (Wildman–Crippen LogP) is 4.62. The topological polar surface area (TPSA) is 29.5 Å². The minimum absolute atomic E-state index is 0.0687. The first-order valence-electron chi connectivity index (χ1n) is 8.27. The second-order valence-corrected chi connectivity index (χ2v) is 7.21. The van der Waals surface area contributed by atoms with Crippen molar-refractivity contribution < 1.29 is 9.53 Å². The van der Waals surface area contributed by atoms with Crippen molar-refractivity contribution in [3.63, 3.8) is 0 Å². The van der Waals surface area contributed by atoms with Crippen LogP contribution in [0.25, 0.3) is 10.8 Å². The van der Waals surface area contributed by atoms with Crippen molar-refractivity contribution in [1.82, 2.24) is 4.90 Å². The van der Waals surface area contributed by atoms with Gasteiger partial charge in [-0.25, -0.2) is 0 Å². The van der Waals surface area contributed by atoms with E-state index in [0.29, 0.717) is 12.3 Å². The van der Waals surface area contributed by atoms with E-state index in [4.69, 9.17) is 4.74 Å². The molecular formula is C21H19NO2S. The summed E-state index contributed by atoms with van der Waals surface area (Å²) in [5.41, 5.74) is 2.33. The number of carbonyl (C=O) groups excluding carboxylic acids is 1. The Hall–Kier alpha value is -2.46. The molecule has 1 heterocycles. The summed E-state index contributed by atoms with van der Waals surface area (Å²) in [6.45, 7) is 0.651. The van der Waals surface area contributed by atoms with E-state index < -0.39 is 0 Å². The quantitative estimate of drug-likeness (QED) is 0.688. The van der Waals surface area contributed by atoms with Gasteiger partial charge in [-0.05, 0) is 40.1 Å². The zero-order valence-electron chi connectivity index (χ0n) is 14.0. The van der Waals surface area contributed by atoms with E-state index in [2.05, 4.69) is 36.4 Å². The molecule has 0 aromatic heterocycles. The highest BCUT2D eigenvalue weighted by atomic mass is 32.2. The number of benzene rings is 3. The van der Waals surface area contributed by atoms with Crippen LogP contribution < -0.4 is 4.74 Å². The Morgan fingerprint density at radius 3 is 2.60 bits per heavy atom. The third kappa shape index (κ3) is 3.22. The van der Waals surface area contributed by atoms with Gasteiger partial charge in [0.25, 0.3) is 0 Å². The van der Waals surface area contributed by atoms with Crippen LogP contribution in [0.3, 0.4) is 0 Å². The monoisotopic (exact) mass is 349 g/mol. The molecule has 1 aliphatic heterocycles. The number of hydrogen-bond acceptors (Lipinski definition) is 3. The molecule has 1 atom stereocenters. The highest BCUT2D eigenvalue weighted by Crippen LogP contribution is 2.40. The molecule has 0 spiro atoms. The fourth-order valence-corrected chi connectivity index (χ4v) is 4.38. The smallest absolute Gasteiger partial charge is 0.234 e. The molecule has 25 heavy (non-hydrogen) atoms. The first-order chi connectivity index (χ1) is 12.2. The van der Waals surface area contributed by atoms with Gasteiger partial charge in [0.1, 0.15) is 11.1 Å². The summed E-state index contributed by atoms with van der Waals surface area (Å²) < 4.78 is 5.29. The Bertz CT molecular complexity index is 910. The molecule has 0 bridgehead atoms. The molecule has 3 aromatic rings. The van der Waals surface area contributed by atoms with E-state index in [1.54, 1.807) is 18.9 Å². The molecule has 0 N–H and O–H groups in total. The van der Waals surface area contributed by atoms with Crippen LogP contribution in [0.5, 0.6) is 5.75 Å². The summed E-state index contributed by atoms with van der Waals surface area (Å²) >= 11 is 1.70. The second kappa shape index (κ2) is 6.81. The van der Waals surface area contributed by atoms with Gasteiger partial charge in [0.2, 0.25) is 5.91 Å². The predicted molar refractivity (Wildman–Crippen MR) is 103 cm³/mol. The van der Waals surface area contributed by atoms with Crippen molar-refractivity contribution in [2.45, 2.75) is 11.9 Å². The summed E-state index contributed by atoms with van der Waals surface area (Å²) in [4.78, 5) is 14.4. The van der Waals surface area contributed by atoms with Gasteiger partial charge < -0.3 is 9.64 Å². The molecular weight excluding hydrogens is 330 g/mol. The van der Waals surface area contributed by atoms with E-state index in [1.807, 2.05) is 35.2 Å². The van der Waals surface area contributed by atoms with Crippen molar-refractivity contribution in [3.8, 4) is 5.75 Å². The SMILES string of the molecule is COc1ccc2cc([C@@H]3SCC(=O)N3Cc3ccccc3)ccc2c1. The molecule has 0 aliphatic carbocycles. The minimum atomic E-state index is 0.0687.